The molecule has 0 aliphatic carbocycles. The maximum atomic E-state index is 13.6. The molecule has 1 aliphatic rings. The van der Waals surface area contributed by atoms with Crippen LogP contribution in [0.3, 0.4) is 0 Å². The van der Waals surface area contributed by atoms with Crippen molar-refractivity contribution in [2.45, 2.75) is 18.6 Å². The molecule has 0 bridgehead atoms. The van der Waals surface area contributed by atoms with E-state index in [1.54, 1.807) is 24.1 Å². The van der Waals surface area contributed by atoms with Crippen LogP contribution in [-0.4, -0.2) is 56.7 Å². The molecular formula is C21H16F3N9O2. The minimum absolute atomic E-state index is 0.0746. The monoisotopic (exact) mass is 483 g/mol. The van der Waals surface area contributed by atoms with Gasteiger partial charge in [0.2, 0.25) is 0 Å². The predicted molar refractivity (Wildman–Crippen MR) is 112 cm³/mol. The number of carbonyl (C=O) groups is 1. The van der Waals surface area contributed by atoms with Crippen LogP contribution in [0.1, 0.15) is 39.4 Å². The number of carbonyl (C=O) groups excluding carboxylic acids is 1. The molecule has 5 aromatic rings. The number of hydrogen-bond donors (Lipinski definition) is 1. The van der Waals surface area contributed by atoms with E-state index in [0.29, 0.717) is 17.8 Å². The normalized spacial score (nSPS) is 16.1. The summed E-state index contributed by atoms with van der Waals surface area (Å²) in [4.78, 5) is 26.4. The van der Waals surface area contributed by atoms with Crippen LogP contribution in [0.15, 0.2) is 47.7 Å². The quantitative estimate of drug-likeness (QED) is 0.419. The van der Waals surface area contributed by atoms with Crippen LogP contribution in [-0.2, 0) is 19.6 Å². The number of alkyl halides is 3. The molecule has 0 radical (unpaired) electrons. The third-order valence-corrected chi connectivity index (χ3v) is 5.82. The number of nitrogens with zero attached hydrogens (tertiary/aromatic N) is 8. The van der Waals surface area contributed by atoms with Gasteiger partial charge in [0.15, 0.2) is 0 Å². The first-order valence-corrected chi connectivity index (χ1v) is 10.5. The van der Waals surface area contributed by atoms with Gasteiger partial charge in [-0.05, 0) is 18.2 Å². The molecule has 0 saturated carbocycles. The number of imidazole rings is 2. The van der Waals surface area contributed by atoms with Gasteiger partial charge >= 0.3 is 18.0 Å². The zero-order valence-corrected chi connectivity index (χ0v) is 18.1. The number of hydrogen-bond acceptors (Lipinski definition) is 7. The Balaban J connectivity index is 1.42. The predicted octanol–water partition coefficient (Wildman–Crippen LogP) is 2.65. The number of H-pyrrole nitrogens is 1. The summed E-state index contributed by atoms with van der Waals surface area (Å²) in [6.07, 6.45) is 2.01. The second-order valence-corrected chi connectivity index (χ2v) is 8.07. The lowest BCUT2D eigenvalue weighted by atomic mass is 9.99. The van der Waals surface area contributed by atoms with Crippen molar-refractivity contribution in [2.75, 3.05) is 6.54 Å². The minimum atomic E-state index is -4.56. The van der Waals surface area contributed by atoms with Crippen molar-refractivity contribution in [1.29, 1.82) is 0 Å². The molecule has 0 spiro atoms. The molecule has 1 N–H and O–H groups in total. The van der Waals surface area contributed by atoms with E-state index in [2.05, 4.69) is 30.2 Å². The largest absolute Gasteiger partial charge is 0.418 e. The van der Waals surface area contributed by atoms with Crippen molar-refractivity contribution in [3.63, 3.8) is 0 Å². The average molecular weight is 483 g/mol. The van der Waals surface area contributed by atoms with Crippen molar-refractivity contribution in [1.82, 2.24) is 44.2 Å². The molecule has 0 saturated heterocycles. The Labute approximate surface area is 194 Å². The molecule has 11 nitrogen and oxygen atoms in total. The van der Waals surface area contributed by atoms with Gasteiger partial charge in [-0.1, -0.05) is 0 Å². The number of halogens is 3. The van der Waals surface area contributed by atoms with Gasteiger partial charge in [-0.15, -0.1) is 10.2 Å². The highest BCUT2D eigenvalue weighted by molar-refractivity contribution is 5.90. The zero-order valence-electron chi connectivity index (χ0n) is 18.1. The third kappa shape index (κ3) is 3.45. The fourth-order valence-corrected chi connectivity index (χ4v) is 4.26. The van der Waals surface area contributed by atoms with Crippen LogP contribution in [0.4, 0.5) is 13.2 Å². The standard InChI is InChI=1S/C21H16F3N9O2/c1-31-8-14(27-10-31)18-28-29-19(35-18)20(34)32-6-4-12-16(26-9-25-12)17(32)13-7-15-11(21(22,23)24)3-2-5-33(15)30-13/h2-3,5,7-10,17H,4,6H2,1H3,(H,25,26). The number of fused-ring (bicyclic) bond motifs is 2. The summed E-state index contributed by atoms with van der Waals surface area (Å²) in [6.45, 7) is 0.236. The fourth-order valence-electron chi connectivity index (χ4n) is 4.26. The van der Waals surface area contributed by atoms with Crippen molar-refractivity contribution in [3.05, 3.63) is 71.8 Å². The highest BCUT2D eigenvalue weighted by Crippen LogP contribution is 2.37. The Morgan fingerprint density at radius 1 is 1.26 bits per heavy atom. The summed E-state index contributed by atoms with van der Waals surface area (Å²) in [5.74, 6) is -0.786. The van der Waals surface area contributed by atoms with E-state index >= 15 is 0 Å². The molecule has 1 unspecified atom stereocenters. The van der Waals surface area contributed by atoms with E-state index in [0.717, 1.165) is 16.3 Å². The lowest BCUT2D eigenvalue weighted by Crippen LogP contribution is -2.41. The number of rotatable bonds is 3. The number of amides is 1. The third-order valence-electron chi connectivity index (χ3n) is 5.82. The van der Waals surface area contributed by atoms with Crippen molar-refractivity contribution < 1.29 is 22.4 Å². The molecule has 6 heterocycles. The first-order valence-electron chi connectivity index (χ1n) is 10.5. The van der Waals surface area contributed by atoms with E-state index in [1.807, 2.05) is 0 Å². The summed E-state index contributed by atoms with van der Waals surface area (Å²) in [5.41, 5.74) is 0.946. The molecule has 0 fully saturated rings. The summed E-state index contributed by atoms with van der Waals surface area (Å²) < 4.78 is 49.1. The zero-order chi connectivity index (χ0) is 24.3. The fraction of sp³-hybridized carbons (Fsp3) is 0.238. The summed E-state index contributed by atoms with van der Waals surface area (Å²) >= 11 is 0. The maximum absolute atomic E-state index is 13.6. The second-order valence-electron chi connectivity index (χ2n) is 8.07. The van der Waals surface area contributed by atoms with E-state index in [-0.39, 0.29) is 29.5 Å². The molecule has 1 atom stereocenters. The van der Waals surface area contributed by atoms with E-state index in [4.69, 9.17) is 4.42 Å². The van der Waals surface area contributed by atoms with Crippen LogP contribution in [0.25, 0.3) is 17.1 Å². The van der Waals surface area contributed by atoms with Crippen LogP contribution in [0, 0.1) is 0 Å². The van der Waals surface area contributed by atoms with E-state index in [1.165, 1.54) is 29.6 Å². The Morgan fingerprint density at radius 3 is 2.89 bits per heavy atom. The van der Waals surface area contributed by atoms with Crippen LogP contribution in [0.5, 0.6) is 0 Å². The molecule has 0 aromatic carbocycles. The minimum Gasteiger partial charge on any atom is -0.411 e. The number of nitrogens with one attached hydrogen (secondary N) is 1. The highest BCUT2D eigenvalue weighted by Gasteiger charge is 2.39. The van der Waals surface area contributed by atoms with Gasteiger partial charge in [-0.3, -0.25) is 4.79 Å². The smallest absolute Gasteiger partial charge is 0.411 e. The Hall–Kier alpha value is -4.49. The molecule has 14 heteroatoms. The Kier molecular flexibility index (Phi) is 4.52. The van der Waals surface area contributed by atoms with Crippen LogP contribution < -0.4 is 0 Å². The Morgan fingerprint density at radius 2 is 2.11 bits per heavy atom. The average Bonchev–Trinajstić information content (AvgIpc) is 3.62. The number of pyridine rings is 1. The lowest BCUT2D eigenvalue weighted by Gasteiger charge is -2.32. The van der Waals surface area contributed by atoms with Gasteiger partial charge in [0.1, 0.15) is 11.7 Å². The molecule has 178 valence electrons. The topological polar surface area (TPSA) is 123 Å². The number of aryl methyl sites for hydroxylation is 1. The molecular weight excluding hydrogens is 467 g/mol. The van der Waals surface area contributed by atoms with Gasteiger partial charge in [0.05, 0.1) is 35.1 Å². The van der Waals surface area contributed by atoms with Crippen molar-refractivity contribution in [2.24, 2.45) is 7.05 Å². The molecule has 6 rings (SSSR count). The SMILES string of the molecule is Cn1cnc(-c2nnc(C(=O)N3CCc4[nH]cnc4C3c3cc4c(C(F)(F)F)cccn4n3)o2)c1. The lowest BCUT2D eigenvalue weighted by molar-refractivity contribution is -0.136. The van der Waals surface area contributed by atoms with Crippen LogP contribution in [0.2, 0.25) is 0 Å². The number of aromatic nitrogens is 8. The van der Waals surface area contributed by atoms with Gasteiger partial charge in [0.25, 0.3) is 5.89 Å². The molecule has 35 heavy (non-hydrogen) atoms. The van der Waals surface area contributed by atoms with E-state index < -0.39 is 23.7 Å². The van der Waals surface area contributed by atoms with Gasteiger partial charge < -0.3 is 18.9 Å². The number of aromatic amines is 1. The summed E-state index contributed by atoms with van der Waals surface area (Å²) in [7, 11) is 1.78. The van der Waals surface area contributed by atoms with Crippen molar-refractivity contribution in [3.8, 4) is 11.6 Å². The van der Waals surface area contributed by atoms with Gasteiger partial charge in [-0.25, -0.2) is 14.5 Å². The van der Waals surface area contributed by atoms with Crippen LogP contribution >= 0.6 is 0 Å². The van der Waals surface area contributed by atoms with Gasteiger partial charge in [0, 0.05) is 38.1 Å². The van der Waals surface area contributed by atoms with Gasteiger partial charge in [-0.2, -0.15) is 18.3 Å². The Bertz CT molecular complexity index is 1560. The first-order chi connectivity index (χ1) is 16.8. The summed E-state index contributed by atoms with van der Waals surface area (Å²) in [6, 6.07) is 2.73. The molecule has 1 aliphatic heterocycles. The molecule has 5 aromatic heterocycles. The second kappa shape index (κ2) is 7.51. The first kappa shape index (κ1) is 21.1. The van der Waals surface area contributed by atoms with E-state index in [9.17, 15) is 18.0 Å². The van der Waals surface area contributed by atoms with Crippen molar-refractivity contribution >= 4 is 11.4 Å². The highest BCUT2D eigenvalue weighted by atomic mass is 19.4. The molecule has 1 amide bonds. The maximum Gasteiger partial charge on any atom is 0.418 e. The summed E-state index contributed by atoms with van der Waals surface area (Å²) in [5, 5.41) is 12.2.